The van der Waals surface area contributed by atoms with Crippen molar-refractivity contribution in [3.63, 3.8) is 0 Å². The molecular weight excluding hydrogens is 176 g/mol. The van der Waals surface area contributed by atoms with Crippen LogP contribution in [0.15, 0.2) is 0 Å². The molecule has 0 aromatic rings. The fourth-order valence-corrected chi connectivity index (χ4v) is 2.41. The van der Waals surface area contributed by atoms with E-state index in [4.69, 9.17) is 4.74 Å². The van der Waals surface area contributed by atoms with Gasteiger partial charge in [-0.3, -0.25) is 4.90 Å². The van der Waals surface area contributed by atoms with Crippen molar-refractivity contribution in [2.24, 2.45) is 5.92 Å². The summed E-state index contributed by atoms with van der Waals surface area (Å²) in [6.07, 6.45) is 1.34. The zero-order valence-corrected chi connectivity index (χ0v) is 9.38. The third-order valence-electron chi connectivity index (χ3n) is 3.46. The fourth-order valence-electron chi connectivity index (χ4n) is 2.41. The molecule has 2 heterocycles. The monoisotopic (exact) mass is 198 g/mol. The summed E-state index contributed by atoms with van der Waals surface area (Å²) < 4.78 is 5.52. The van der Waals surface area contributed by atoms with Gasteiger partial charge >= 0.3 is 0 Å². The molecule has 1 unspecified atom stereocenters. The number of hydrogen-bond acceptors (Lipinski definition) is 3. The van der Waals surface area contributed by atoms with Crippen molar-refractivity contribution in [3.8, 4) is 0 Å². The summed E-state index contributed by atoms with van der Waals surface area (Å²) in [6, 6.07) is 0. The fraction of sp³-hybridized carbons (Fsp3) is 1.00. The van der Waals surface area contributed by atoms with E-state index in [0.717, 1.165) is 25.7 Å². The first kappa shape index (κ1) is 10.4. The second-order valence-electron chi connectivity index (χ2n) is 5.17. The van der Waals surface area contributed by atoms with E-state index in [0.29, 0.717) is 0 Å². The van der Waals surface area contributed by atoms with E-state index in [1.54, 1.807) is 0 Å². The number of rotatable bonds is 2. The molecule has 2 aliphatic rings. The Kier molecular flexibility index (Phi) is 3.10. The van der Waals surface area contributed by atoms with Gasteiger partial charge in [-0.25, -0.2) is 0 Å². The summed E-state index contributed by atoms with van der Waals surface area (Å²) in [5.41, 5.74) is 0.237. The molecule has 82 valence electrons. The van der Waals surface area contributed by atoms with E-state index < -0.39 is 0 Å². The second-order valence-corrected chi connectivity index (χ2v) is 5.17. The van der Waals surface area contributed by atoms with Crippen LogP contribution in [0.1, 0.15) is 20.3 Å². The molecule has 14 heavy (non-hydrogen) atoms. The minimum atomic E-state index is 0.237. The quantitative estimate of drug-likeness (QED) is 0.707. The second kappa shape index (κ2) is 4.17. The first-order valence-corrected chi connectivity index (χ1v) is 5.72. The molecule has 2 fully saturated rings. The van der Waals surface area contributed by atoms with Gasteiger partial charge in [0.15, 0.2) is 0 Å². The highest BCUT2D eigenvalue weighted by Gasteiger charge is 2.32. The molecule has 3 heteroatoms. The summed E-state index contributed by atoms with van der Waals surface area (Å²) >= 11 is 0. The average Bonchev–Trinajstić information content (AvgIpc) is 2.61. The highest BCUT2D eigenvalue weighted by molar-refractivity contribution is 4.87. The number of nitrogens with zero attached hydrogens (tertiary/aromatic N) is 1. The Hall–Kier alpha value is -0.120. The minimum absolute atomic E-state index is 0.237. The van der Waals surface area contributed by atoms with Crippen molar-refractivity contribution in [3.05, 3.63) is 0 Å². The molecule has 3 nitrogen and oxygen atoms in total. The van der Waals surface area contributed by atoms with Crippen LogP contribution in [0.2, 0.25) is 0 Å². The predicted octanol–water partition coefficient (Wildman–Crippen LogP) is 0.707. The lowest BCUT2D eigenvalue weighted by molar-refractivity contribution is -0.0561. The average molecular weight is 198 g/mol. The third-order valence-corrected chi connectivity index (χ3v) is 3.46. The van der Waals surface area contributed by atoms with Gasteiger partial charge in [0.05, 0.1) is 13.2 Å². The van der Waals surface area contributed by atoms with Crippen LogP contribution in [0.5, 0.6) is 0 Å². The summed E-state index contributed by atoms with van der Waals surface area (Å²) in [5, 5.41) is 3.43. The SMILES string of the molecule is CC1(C)COCCN1CC1CCNC1. The smallest absolute Gasteiger partial charge is 0.0645 e. The standard InChI is InChI=1S/C11H22N2O/c1-11(2)9-14-6-5-13(11)8-10-3-4-12-7-10/h10,12H,3-9H2,1-2H3. The number of ether oxygens (including phenoxy) is 1. The van der Waals surface area contributed by atoms with Crippen LogP contribution in [-0.4, -0.2) is 49.8 Å². The van der Waals surface area contributed by atoms with Gasteiger partial charge in [-0.2, -0.15) is 0 Å². The highest BCUT2D eigenvalue weighted by atomic mass is 16.5. The molecule has 0 amide bonds. The molecule has 0 aromatic carbocycles. The lowest BCUT2D eigenvalue weighted by atomic mass is 9.99. The van der Waals surface area contributed by atoms with Crippen molar-refractivity contribution >= 4 is 0 Å². The molecule has 2 aliphatic heterocycles. The Morgan fingerprint density at radius 1 is 1.50 bits per heavy atom. The lowest BCUT2D eigenvalue weighted by Gasteiger charge is -2.43. The molecule has 0 radical (unpaired) electrons. The van der Waals surface area contributed by atoms with E-state index in [2.05, 4.69) is 24.1 Å². The van der Waals surface area contributed by atoms with Crippen molar-refractivity contribution in [2.75, 3.05) is 39.4 Å². The first-order valence-electron chi connectivity index (χ1n) is 5.72. The maximum Gasteiger partial charge on any atom is 0.0645 e. The molecule has 2 saturated heterocycles. The van der Waals surface area contributed by atoms with Gasteiger partial charge in [-0.05, 0) is 39.3 Å². The minimum Gasteiger partial charge on any atom is -0.378 e. The van der Waals surface area contributed by atoms with Crippen molar-refractivity contribution in [2.45, 2.75) is 25.8 Å². The molecule has 1 atom stereocenters. The predicted molar refractivity (Wildman–Crippen MR) is 57.4 cm³/mol. The van der Waals surface area contributed by atoms with Crippen LogP contribution in [0.4, 0.5) is 0 Å². The number of nitrogens with one attached hydrogen (secondary N) is 1. The van der Waals surface area contributed by atoms with E-state index >= 15 is 0 Å². The molecule has 0 aliphatic carbocycles. The van der Waals surface area contributed by atoms with Crippen molar-refractivity contribution < 1.29 is 4.74 Å². The molecule has 2 rings (SSSR count). The summed E-state index contributed by atoms with van der Waals surface area (Å²) in [5.74, 6) is 0.854. The van der Waals surface area contributed by atoms with Gasteiger partial charge in [0.25, 0.3) is 0 Å². The Morgan fingerprint density at radius 3 is 3.00 bits per heavy atom. The zero-order valence-electron chi connectivity index (χ0n) is 9.38. The van der Waals surface area contributed by atoms with E-state index in [1.807, 2.05) is 0 Å². The Bertz CT molecular complexity index is 188. The zero-order chi connectivity index (χ0) is 10.0. The van der Waals surface area contributed by atoms with Gasteiger partial charge in [0.1, 0.15) is 0 Å². The van der Waals surface area contributed by atoms with E-state index in [1.165, 1.54) is 26.1 Å². The topological polar surface area (TPSA) is 24.5 Å². The Labute approximate surface area is 86.8 Å². The normalized spacial score (nSPS) is 33.4. The molecule has 0 aromatic heterocycles. The summed E-state index contributed by atoms with van der Waals surface area (Å²) in [6.45, 7) is 11.1. The molecule has 0 saturated carbocycles. The Balaban J connectivity index is 1.88. The van der Waals surface area contributed by atoms with Crippen molar-refractivity contribution in [1.29, 1.82) is 0 Å². The van der Waals surface area contributed by atoms with E-state index in [9.17, 15) is 0 Å². The molecule has 0 spiro atoms. The first-order chi connectivity index (χ1) is 6.68. The lowest BCUT2D eigenvalue weighted by Crippen LogP contribution is -2.54. The van der Waals surface area contributed by atoms with Gasteiger partial charge < -0.3 is 10.1 Å². The van der Waals surface area contributed by atoms with Crippen LogP contribution in [0.3, 0.4) is 0 Å². The highest BCUT2D eigenvalue weighted by Crippen LogP contribution is 2.21. The largest absolute Gasteiger partial charge is 0.378 e. The molecule has 0 bridgehead atoms. The maximum absolute atomic E-state index is 5.52. The summed E-state index contributed by atoms with van der Waals surface area (Å²) in [7, 11) is 0. The Morgan fingerprint density at radius 2 is 2.36 bits per heavy atom. The third kappa shape index (κ3) is 2.27. The number of hydrogen-bond donors (Lipinski definition) is 1. The van der Waals surface area contributed by atoms with Crippen molar-refractivity contribution in [1.82, 2.24) is 10.2 Å². The van der Waals surface area contributed by atoms with Crippen LogP contribution in [0.25, 0.3) is 0 Å². The maximum atomic E-state index is 5.52. The van der Waals surface area contributed by atoms with Gasteiger partial charge in [0, 0.05) is 18.6 Å². The van der Waals surface area contributed by atoms with Gasteiger partial charge in [-0.1, -0.05) is 0 Å². The van der Waals surface area contributed by atoms with Gasteiger partial charge in [-0.15, -0.1) is 0 Å². The summed E-state index contributed by atoms with van der Waals surface area (Å²) in [4.78, 5) is 2.59. The van der Waals surface area contributed by atoms with Crippen LogP contribution in [0, 0.1) is 5.92 Å². The van der Waals surface area contributed by atoms with Gasteiger partial charge in [0.2, 0.25) is 0 Å². The molecular formula is C11H22N2O. The molecule has 1 N–H and O–H groups in total. The van der Waals surface area contributed by atoms with Crippen LogP contribution < -0.4 is 5.32 Å². The van der Waals surface area contributed by atoms with Crippen LogP contribution >= 0.6 is 0 Å². The number of morpholine rings is 1. The van der Waals surface area contributed by atoms with Crippen LogP contribution in [-0.2, 0) is 4.74 Å². The van der Waals surface area contributed by atoms with E-state index in [-0.39, 0.29) is 5.54 Å².